The molecule has 4 heterocycles. The van der Waals surface area contributed by atoms with Crippen molar-refractivity contribution in [1.82, 2.24) is 29.8 Å². The van der Waals surface area contributed by atoms with Crippen LogP contribution in [0.4, 0.5) is 33.3 Å². The van der Waals surface area contributed by atoms with E-state index in [2.05, 4.69) is 30.9 Å². The van der Waals surface area contributed by atoms with E-state index in [1.54, 1.807) is 6.07 Å². The summed E-state index contributed by atoms with van der Waals surface area (Å²) < 4.78 is 70.8. The molecule has 196 valence electrons. The van der Waals surface area contributed by atoms with Gasteiger partial charge < -0.3 is 10.6 Å². The first-order chi connectivity index (χ1) is 18.6. The Hall–Kier alpha value is -5.21. The maximum Gasteiger partial charge on any atom is 0.434 e. The van der Waals surface area contributed by atoms with E-state index in [1.165, 1.54) is 36.7 Å². The Morgan fingerprint density at radius 2 is 1.79 bits per heavy atom. The molecule has 0 bridgehead atoms. The number of hydrogen-bond acceptors (Lipinski definition) is 6. The molecular weight excluding hydrogens is 527 g/mol. The minimum atomic E-state index is -5.04. The summed E-state index contributed by atoms with van der Waals surface area (Å²) in [4.78, 5) is 29.9. The van der Waals surface area contributed by atoms with Crippen molar-refractivity contribution >= 4 is 34.0 Å². The number of nitrogens with zero attached hydrogens (tertiary/aromatic N) is 6. The zero-order valence-electron chi connectivity index (χ0n) is 19.2. The maximum atomic E-state index is 14.3. The molecule has 0 saturated heterocycles. The molecule has 10 nitrogen and oxygen atoms in total. The Morgan fingerprint density at radius 1 is 1.03 bits per heavy atom. The van der Waals surface area contributed by atoms with Gasteiger partial charge in [0, 0.05) is 22.0 Å². The SMILES string of the molecule is O=C(Nc1cnc(-n2nccn2)c(C(F)F)c1)c1cnn(-c2ccc3c4c(cccc24)C(=O)N3)c1C(F)(F)F. The third-order valence-corrected chi connectivity index (χ3v) is 6.02. The smallest absolute Gasteiger partial charge is 0.321 e. The fourth-order valence-electron chi connectivity index (χ4n) is 4.42. The van der Waals surface area contributed by atoms with Crippen LogP contribution in [0.25, 0.3) is 22.3 Å². The molecule has 0 spiro atoms. The normalized spacial score (nSPS) is 12.8. The van der Waals surface area contributed by atoms with E-state index < -0.39 is 41.2 Å². The number of anilines is 2. The summed E-state index contributed by atoms with van der Waals surface area (Å²) in [5.74, 6) is -1.95. The third-order valence-electron chi connectivity index (χ3n) is 6.02. The summed E-state index contributed by atoms with van der Waals surface area (Å²) >= 11 is 0. The molecule has 15 heteroatoms. The number of pyridine rings is 1. The van der Waals surface area contributed by atoms with E-state index in [1.807, 2.05) is 0 Å². The lowest BCUT2D eigenvalue weighted by Gasteiger charge is -2.15. The van der Waals surface area contributed by atoms with Crippen molar-refractivity contribution in [2.75, 3.05) is 10.6 Å². The first kappa shape index (κ1) is 24.1. The highest BCUT2D eigenvalue weighted by atomic mass is 19.4. The molecule has 6 rings (SSSR count). The molecule has 0 saturated carbocycles. The van der Waals surface area contributed by atoms with Crippen LogP contribution in [0.5, 0.6) is 0 Å². The van der Waals surface area contributed by atoms with Crippen molar-refractivity contribution < 1.29 is 31.5 Å². The fraction of sp³-hybridized carbons (Fsp3) is 0.0833. The van der Waals surface area contributed by atoms with Gasteiger partial charge in [-0.3, -0.25) is 9.59 Å². The summed E-state index contributed by atoms with van der Waals surface area (Å²) in [6.45, 7) is 0. The molecule has 2 N–H and O–H groups in total. The van der Waals surface area contributed by atoms with Gasteiger partial charge in [0.15, 0.2) is 11.5 Å². The standard InChI is InChI=1S/C24H13F5N8O2/c25-20(26)14-8-11(9-30-21(14)37-31-6-7-32-37)34-23(39)15-10-33-36(19(15)24(27,28)29)17-5-4-16-18-12(17)2-1-3-13(18)22(38)35-16/h1-10,20H,(H,34,39)(H,35,38). The summed E-state index contributed by atoms with van der Waals surface area (Å²) in [5.41, 5.74) is -2.46. The van der Waals surface area contributed by atoms with Crippen molar-refractivity contribution in [1.29, 1.82) is 0 Å². The molecule has 2 amide bonds. The Balaban J connectivity index is 1.41. The molecule has 2 aromatic carbocycles. The van der Waals surface area contributed by atoms with Gasteiger partial charge >= 0.3 is 6.18 Å². The molecule has 0 atom stereocenters. The van der Waals surface area contributed by atoms with Crippen molar-refractivity contribution in [3.8, 4) is 11.5 Å². The molecule has 0 aliphatic carbocycles. The number of carbonyl (C=O) groups is 2. The molecule has 1 aliphatic heterocycles. The highest BCUT2D eigenvalue weighted by molar-refractivity contribution is 6.25. The number of halogens is 5. The van der Waals surface area contributed by atoms with Crippen LogP contribution in [-0.4, -0.2) is 41.6 Å². The Morgan fingerprint density at radius 3 is 2.51 bits per heavy atom. The highest BCUT2D eigenvalue weighted by Crippen LogP contribution is 2.39. The lowest BCUT2D eigenvalue weighted by molar-refractivity contribution is -0.143. The van der Waals surface area contributed by atoms with Crippen LogP contribution < -0.4 is 10.6 Å². The zero-order chi connectivity index (χ0) is 27.5. The minimum absolute atomic E-state index is 0.0174. The third kappa shape index (κ3) is 3.94. The van der Waals surface area contributed by atoms with E-state index >= 15 is 0 Å². The summed E-state index contributed by atoms with van der Waals surface area (Å²) in [5, 5.41) is 16.9. The predicted octanol–water partition coefficient (Wildman–Crippen LogP) is 4.78. The van der Waals surface area contributed by atoms with Crippen molar-refractivity contribution in [2.45, 2.75) is 12.6 Å². The number of rotatable bonds is 5. The van der Waals surface area contributed by atoms with Gasteiger partial charge in [0.05, 0.1) is 47.3 Å². The second kappa shape index (κ2) is 8.68. The largest absolute Gasteiger partial charge is 0.434 e. The monoisotopic (exact) mass is 540 g/mol. The molecule has 39 heavy (non-hydrogen) atoms. The van der Waals surface area contributed by atoms with Crippen LogP contribution in [0.2, 0.25) is 0 Å². The predicted molar refractivity (Wildman–Crippen MR) is 126 cm³/mol. The first-order valence-corrected chi connectivity index (χ1v) is 11.1. The molecule has 0 fully saturated rings. The van der Waals surface area contributed by atoms with Crippen LogP contribution >= 0.6 is 0 Å². The van der Waals surface area contributed by atoms with Gasteiger partial charge in [-0.25, -0.2) is 18.4 Å². The number of alkyl halides is 5. The average Bonchev–Trinajstić information content (AvgIpc) is 3.64. The second-order valence-corrected chi connectivity index (χ2v) is 8.34. The average molecular weight is 540 g/mol. The Bertz CT molecular complexity index is 1780. The number of aromatic nitrogens is 6. The number of hydrogen-bond donors (Lipinski definition) is 2. The van der Waals surface area contributed by atoms with Crippen LogP contribution in [0, 0.1) is 0 Å². The van der Waals surface area contributed by atoms with Gasteiger partial charge in [-0.2, -0.15) is 28.5 Å². The van der Waals surface area contributed by atoms with E-state index in [9.17, 15) is 31.5 Å². The van der Waals surface area contributed by atoms with E-state index in [-0.39, 0.29) is 17.2 Å². The highest BCUT2D eigenvalue weighted by Gasteiger charge is 2.41. The van der Waals surface area contributed by atoms with Gasteiger partial charge in [-0.05, 0) is 24.3 Å². The first-order valence-electron chi connectivity index (χ1n) is 11.1. The van der Waals surface area contributed by atoms with Crippen molar-refractivity contribution in [3.63, 3.8) is 0 Å². The summed E-state index contributed by atoms with van der Waals surface area (Å²) in [6.07, 6.45) is -3.86. The molecular formula is C24H13F5N8O2. The topological polar surface area (TPSA) is 120 Å². The molecule has 0 radical (unpaired) electrons. The lowest BCUT2D eigenvalue weighted by atomic mass is 10.0. The molecule has 0 unspecified atom stereocenters. The van der Waals surface area contributed by atoms with E-state index in [0.717, 1.165) is 23.3 Å². The Kier molecular flexibility index (Phi) is 5.37. The summed E-state index contributed by atoms with van der Waals surface area (Å²) in [7, 11) is 0. The van der Waals surface area contributed by atoms with Crippen LogP contribution in [0.3, 0.4) is 0 Å². The van der Waals surface area contributed by atoms with Gasteiger partial charge in [0.2, 0.25) is 0 Å². The van der Waals surface area contributed by atoms with Crippen molar-refractivity contribution in [2.24, 2.45) is 0 Å². The number of benzene rings is 2. The van der Waals surface area contributed by atoms with Crippen LogP contribution in [0.1, 0.15) is 38.4 Å². The zero-order valence-corrected chi connectivity index (χ0v) is 19.2. The second-order valence-electron chi connectivity index (χ2n) is 8.34. The quantitative estimate of drug-likeness (QED) is 0.310. The van der Waals surface area contributed by atoms with E-state index in [4.69, 9.17) is 0 Å². The number of carbonyl (C=O) groups excluding carboxylic acids is 2. The van der Waals surface area contributed by atoms with Crippen LogP contribution in [-0.2, 0) is 6.18 Å². The van der Waals surface area contributed by atoms with Gasteiger partial charge in [-0.15, -0.1) is 4.80 Å². The molecule has 5 aromatic rings. The van der Waals surface area contributed by atoms with Gasteiger partial charge in [-0.1, -0.05) is 12.1 Å². The maximum absolute atomic E-state index is 14.3. The number of amides is 2. The fourth-order valence-corrected chi connectivity index (χ4v) is 4.42. The lowest BCUT2D eigenvalue weighted by Crippen LogP contribution is -2.21. The van der Waals surface area contributed by atoms with Gasteiger partial charge in [0.25, 0.3) is 18.2 Å². The molecule has 1 aliphatic rings. The van der Waals surface area contributed by atoms with Gasteiger partial charge in [0.1, 0.15) is 0 Å². The summed E-state index contributed by atoms with van der Waals surface area (Å²) in [6, 6.07) is 8.27. The van der Waals surface area contributed by atoms with E-state index in [0.29, 0.717) is 26.7 Å². The Labute approximate surface area is 214 Å². The van der Waals surface area contributed by atoms with Crippen molar-refractivity contribution in [3.05, 3.63) is 83.6 Å². The molecule has 3 aromatic heterocycles. The van der Waals surface area contributed by atoms with Crippen LogP contribution in [0.15, 0.2) is 61.2 Å². The minimum Gasteiger partial charge on any atom is -0.321 e. The number of nitrogens with one attached hydrogen (secondary N) is 2.